The highest BCUT2D eigenvalue weighted by atomic mass is 35.5. The Labute approximate surface area is 154 Å². The van der Waals surface area contributed by atoms with Crippen molar-refractivity contribution in [1.29, 1.82) is 0 Å². The fourth-order valence-corrected chi connectivity index (χ4v) is 3.69. The Hall–Kier alpha value is -0.910. The largest absolute Gasteiger partial charge is 0.467 e. The topological polar surface area (TPSA) is 56.8 Å². The van der Waals surface area contributed by atoms with Gasteiger partial charge in [-0.05, 0) is 31.4 Å². The third kappa shape index (κ3) is 6.19. The Morgan fingerprint density at radius 3 is 2.88 bits per heavy atom. The lowest BCUT2D eigenvalue weighted by Crippen LogP contribution is -2.14. The van der Waals surface area contributed by atoms with Crippen molar-refractivity contribution in [2.45, 2.75) is 58.4 Å². The second-order valence-electron chi connectivity index (χ2n) is 6.59. The average Bonchev–Trinajstić information content (AvgIpc) is 2.52. The van der Waals surface area contributed by atoms with Crippen molar-refractivity contribution in [2.24, 2.45) is 16.6 Å². The lowest BCUT2D eigenvalue weighted by molar-refractivity contribution is -0.0168. The SMILES string of the molecule is CC(C)CCC[C@H](C)N=C(N)SCc1cc(Cl)cc2c1OCOC2. The molecule has 1 aromatic rings. The van der Waals surface area contributed by atoms with Gasteiger partial charge in [0, 0.05) is 27.9 Å². The van der Waals surface area contributed by atoms with Crippen molar-refractivity contribution in [3.8, 4) is 5.75 Å². The molecule has 1 aliphatic rings. The van der Waals surface area contributed by atoms with Crippen LogP contribution >= 0.6 is 23.4 Å². The predicted octanol–water partition coefficient (Wildman–Crippen LogP) is 4.97. The van der Waals surface area contributed by atoms with Crippen molar-refractivity contribution < 1.29 is 9.47 Å². The third-order valence-electron chi connectivity index (χ3n) is 3.88. The molecule has 0 radical (unpaired) electrons. The van der Waals surface area contributed by atoms with Crippen LogP contribution < -0.4 is 10.5 Å². The van der Waals surface area contributed by atoms with Crippen LogP contribution in [0.2, 0.25) is 5.02 Å². The van der Waals surface area contributed by atoms with Crippen LogP contribution in [0.4, 0.5) is 0 Å². The van der Waals surface area contributed by atoms with E-state index in [4.69, 9.17) is 26.8 Å². The number of nitrogens with two attached hydrogens (primary N) is 1. The zero-order valence-electron chi connectivity index (χ0n) is 14.7. The number of amidine groups is 1. The Balaban J connectivity index is 1.90. The maximum atomic E-state index is 6.18. The summed E-state index contributed by atoms with van der Waals surface area (Å²) in [5, 5.41) is 1.31. The highest BCUT2D eigenvalue weighted by molar-refractivity contribution is 8.13. The molecule has 0 bridgehead atoms. The number of thioether (sulfide) groups is 1. The van der Waals surface area contributed by atoms with Crippen LogP contribution in [0.15, 0.2) is 17.1 Å². The van der Waals surface area contributed by atoms with Crippen LogP contribution in [0.5, 0.6) is 5.75 Å². The summed E-state index contributed by atoms with van der Waals surface area (Å²) < 4.78 is 10.9. The number of ether oxygens (including phenoxy) is 2. The van der Waals surface area contributed by atoms with E-state index in [9.17, 15) is 0 Å². The summed E-state index contributed by atoms with van der Waals surface area (Å²) in [4.78, 5) is 4.58. The summed E-state index contributed by atoms with van der Waals surface area (Å²) in [6.45, 7) is 7.43. The maximum absolute atomic E-state index is 6.18. The number of hydrogen-bond donors (Lipinski definition) is 1. The minimum Gasteiger partial charge on any atom is -0.467 e. The molecule has 1 heterocycles. The van der Waals surface area contributed by atoms with Gasteiger partial charge >= 0.3 is 0 Å². The Morgan fingerprint density at radius 2 is 2.12 bits per heavy atom. The van der Waals surface area contributed by atoms with Gasteiger partial charge in [-0.2, -0.15) is 0 Å². The monoisotopic (exact) mass is 370 g/mol. The summed E-state index contributed by atoms with van der Waals surface area (Å²) in [5.74, 6) is 2.30. The molecule has 0 saturated carbocycles. The van der Waals surface area contributed by atoms with Crippen LogP contribution in [0.25, 0.3) is 0 Å². The minimum atomic E-state index is 0.258. The predicted molar refractivity (Wildman–Crippen MR) is 103 cm³/mol. The molecule has 1 atom stereocenters. The van der Waals surface area contributed by atoms with Crippen molar-refractivity contribution in [2.75, 3.05) is 6.79 Å². The van der Waals surface area contributed by atoms with Gasteiger partial charge < -0.3 is 15.2 Å². The molecule has 4 nitrogen and oxygen atoms in total. The van der Waals surface area contributed by atoms with Gasteiger partial charge in [0.25, 0.3) is 0 Å². The first kappa shape index (κ1) is 19.4. The van der Waals surface area contributed by atoms with Crippen molar-refractivity contribution in [3.05, 3.63) is 28.3 Å². The number of hydrogen-bond acceptors (Lipinski definition) is 4. The van der Waals surface area contributed by atoms with E-state index in [1.807, 2.05) is 12.1 Å². The first-order valence-electron chi connectivity index (χ1n) is 8.43. The Morgan fingerprint density at radius 1 is 1.33 bits per heavy atom. The number of nitrogens with zero attached hydrogens (tertiary/aromatic N) is 1. The number of halogens is 1. The number of rotatable bonds is 7. The second-order valence-corrected chi connectivity index (χ2v) is 8.03. The molecular weight excluding hydrogens is 344 g/mol. The zero-order valence-corrected chi connectivity index (χ0v) is 16.3. The summed E-state index contributed by atoms with van der Waals surface area (Å²) in [7, 11) is 0. The molecule has 1 aliphatic heterocycles. The van der Waals surface area contributed by atoms with Gasteiger partial charge in [-0.1, -0.05) is 50.1 Å². The van der Waals surface area contributed by atoms with Gasteiger partial charge in [0.2, 0.25) is 0 Å². The van der Waals surface area contributed by atoms with E-state index in [0.29, 0.717) is 22.6 Å². The molecule has 0 spiro atoms. The molecule has 0 unspecified atom stereocenters. The van der Waals surface area contributed by atoms with Gasteiger partial charge in [-0.3, -0.25) is 4.99 Å². The molecule has 2 rings (SSSR count). The van der Waals surface area contributed by atoms with Crippen LogP contribution in [-0.2, 0) is 17.1 Å². The fraction of sp³-hybridized carbons (Fsp3) is 0.611. The normalized spacial score (nSPS) is 16.0. The molecule has 134 valence electrons. The molecule has 1 aromatic carbocycles. The van der Waals surface area contributed by atoms with Gasteiger partial charge in [0.05, 0.1) is 6.61 Å². The first-order valence-corrected chi connectivity index (χ1v) is 9.80. The van der Waals surface area contributed by atoms with Crippen LogP contribution in [-0.4, -0.2) is 18.0 Å². The summed E-state index contributed by atoms with van der Waals surface area (Å²) in [6.07, 6.45) is 3.50. The lowest BCUT2D eigenvalue weighted by atomic mass is 10.0. The van der Waals surface area contributed by atoms with Gasteiger partial charge in [0.15, 0.2) is 12.0 Å². The molecule has 0 fully saturated rings. The minimum absolute atomic E-state index is 0.258. The molecule has 0 aromatic heterocycles. The van der Waals surface area contributed by atoms with Gasteiger partial charge in [0.1, 0.15) is 5.75 Å². The van der Waals surface area contributed by atoms with Crippen molar-refractivity contribution in [1.82, 2.24) is 0 Å². The Bertz CT molecular complexity index is 578. The van der Waals surface area contributed by atoms with E-state index in [2.05, 4.69) is 25.8 Å². The van der Waals surface area contributed by atoms with Crippen LogP contribution in [0.3, 0.4) is 0 Å². The van der Waals surface area contributed by atoms with E-state index in [1.165, 1.54) is 24.6 Å². The molecule has 24 heavy (non-hydrogen) atoms. The molecule has 0 amide bonds. The highest BCUT2D eigenvalue weighted by Gasteiger charge is 2.16. The third-order valence-corrected chi connectivity index (χ3v) is 4.95. The molecule has 2 N–H and O–H groups in total. The smallest absolute Gasteiger partial charge is 0.189 e. The van der Waals surface area contributed by atoms with E-state index in [1.54, 1.807) is 0 Å². The standard InChI is InChI=1S/C18H27ClN2O2S/c1-12(2)5-4-6-13(3)21-18(20)24-10-15-8-16(19)7-14-9-22-11-23-17(14)15/h7-8,12-13H,4-6,9-11H2,1-3H3,(H2,20,21)/t13-/m0/s1. The maximum Gasteiger partial charge on any atom is 0.189 e. The second kappa shape index (κ2) is 9.54. The van der Waals surface area contributed by atoms with Gasteiger partial charge in [-0.15, -0.1) is 0 Å². The van der Waals surface area contributed by atoms with Gasteiger partial charge in [-0.25, -0.2) is 0 Å². The summed E-state index contributed by atoms with van der Waals surface area (Å²) in [6, 6.07) is 4.07. The number of aliphatic imine (C=N–C) groups is 1. The average molecular weight is 371 g/mol. The first-order chi connectivity index (χ1) is 11.5. The summed E-state index contributed by atoms with van der Waals surface area (Å²) in [5.41, 5.74) is 8.11. The molecule has 0 aliphatic carbocycles. The van der Waals surface area contributed by atoms with E-state index in [0.717, 1.165) is 29.2 Å². The molecule has 0 saturated heterocycles. The van der Waals surface area contributed by atoms with E-state index >= 15 is 0 Å². The fourth-order valence-electron chi connectivity index (χ4n) is 2.66. The quantitative estimate of drug-likeness (QED) is 0.543. The van der Waals surface area contributed by atoms with Crippen LogP contribution in [0, 0.1) is 5.92 Å². The Kier molecular flexibility index (Phi) is 7.72. The zero-order chi connectivity index (χ0) is 17.5. The summed E-state index contributed by atoms with van der Waals surface area (Å²) >= 11 is 7.71. The molecule has 6 heteroatoms. The van der Waals surface area contributed by atoms with E-state index in [-0.39, 0.29) is 12.8 Å². The number of benzene rings is 1. The lowest BCUT2D eigenvalue weighted by Gasteiger charge is -2.21. The highest BCUT2D eigenvalue weighted by Crippen LogP contribution is 2.33. The van der Waals surface area contributed by atoms with Crippen molar-refractivity contribution in [3.63, 3.8) is 0 Å². The van der Waals surface area contributed by atoms with E-state index < -0.39 is 0 Å². The van der Waals surface area contributed by atoms with Crippen LogP contribution in [0.1, 0.15) is 51.2 Å². The number of fused-ring (bicyclic) bond motifs is 1. The molecular formula is C18H27ClN2O2S. The van der Waals surface area contributed by atoms with Crippen molar-refractivity contribution >= 4 is 28.5 Å².